The van der Waals surface area contributed by atoms with Crippen LogP contribution in [-0.4, -0.2) is 18.3 Å². The summed E-state index contributed by atoms with van der Waals surface area (Å²) in [7, 11) is 0. The standard InChI is InChI=1S/C14H20O2S/c1-11-6-5-7-12(10-11)17-9-8-16-13(15)14(2,3)4/h5-7,10H,8-9H2,1-4H3. The van der Waals surface area contributed by atoms with Crippen molar-refractivity contribution in [2.45, 2.75) is 32.6 Å². The van der Waals surface area contributed by atoms with Gasteiger partial charge in [0, 0.05) is 10.6 Å². The molecule has 0 aliphatic rings. The van der Waals surface area contributed by atoms with Gasteiger partial charge < -0.3 is 4.74 Å². The van der Waals surface area contributed by atoms with Crippen molar-refractivity contribution in [3.8, 4) is 0 Å². The monoisotopic (exact) mass is 252 g/mol. The minimum Gasteiger partial charge on any atom is -0.464 e. The minimum atomic E-state index is -0.409. The van der Waals surface area contributed by atoms with Crippen molar-refractivity contribution in [2.75, 3.05) is 12.4 Å². The van der Waals surface area contributed by atoms with E-state index in [1.54, 1.807) is 11.8 Å². The Bertz CT molecular complexity index is 380. The van der Waals surface area contributed by atoms with Crippen molar-refractivity contribution in [1.82, 2.24) is 0 Å². The molecule has 0 radical (unpaired) electrons. The van der Waals surface area contributed by atoms with E-state index in [0.29, 0.717) is 6.61 Å². The Morgan fingerprint density at radius 3 is 2.65 bits per heavy atom. The highest BCUT2D eigenvalue weighted by atomic mass is 32.2. The fourth-order valence-corrected chi connectivity index (χ4v) is 2.06. The molecule has 1 aromatic carbocycles. The third-order valence-corrected chi connectivity index (χ3v) is 3.15. The maximum atomic E-state index is 11.5. The summed E-state index contributed by atoms with van der Waals surface area (Å²) in [6.45, 7) is 8.13. The second kappa shape index (κ2) is 6.10. The summed E-state index contributed by atoms with van der Waals surface area (Å²) < 4.78 is 5.20. The maximum Gasteiger partial charge on any atom is 0.311 e. The molecule has 0 spiro atoms. The lowest BCUT2D eigenvalue weighted by molar-refractivity contribution is -0.152. The van der Waals surface area contributed by atoms with Crippen LogP contribution in [0.2, 0.25) is 0 Å². The Labute approximate surface area is 108 Å². The summed E-state index contributed by atoms with van der Waals surface area (Å²) >= 11 is 1.71. The summed E-state index contributed by atoms with van der Waals surface area (Å²) in [5.74, 6) is 0.660. The van der Waals surface area contributed by atoms with Crippen LogP contribution in [0, 0.1) is 12.3 Å². The molecule has 0 unspecified atom stereocenters. The summed E-state index contributed by atoms with van der Waals surface area (Å²) in [5, 5.41) is 0. The highest BCUT2D eigenvalue weighted by Gasteiger charge is 2.22. The van der Waals surface area contributed by atoms with Crippen molar-refractivity contribution >= 4 is 17.7 Å². The SMILES string of the molecule is Cc1cccc(SCCOC(=O)C(C)(C)C)c1. The van der Waals surface area contributed by atoms with Crippen LogP contribution < -0.4 is 0 Å². The number of aryl methyl sites for hydroxylation is 1. The molecule has 1 rings (SSSR count). The van der Waals surface area contributed by atoms with Crippen molar-refractivity contribution in [3.05, 3.63) is 29.8 Å². The first-order chi connectivity index (χ1) is 7.89. The van der Waals surface area contributed by atoms with Crippen molar-refractivity contribution in [2.24, 2.45) is 5.41 Å². The van der Waals surface area contributed by atoms with Crippen molar-refractivity contribution < 1.29 is 9.53 Å². The van der Waals surface area contributed by atoms with Crippen LogP contribution in [0.1, 0.15) is 26.3 Å². The van der Waals surface area contributed by atoms with Crippen LogP contribution in [0.5, 0.6) is 0 Å². The Hall–Kier alpha value is -0.960. The molecule has 3 heteroatoms. The van der Waals surface area contributed by atoms with Gasteiger partial charge in [-0.05, 0) is 39.8 Å². The van der Waals surface area contributed by atoms with Crippen LogP contribution in [0.4, 0.5) is 0 Å². The lowest BCUT2D eigenvalue weighted by Crippen LogP contribution is -2.23. The molecule has 2 nitrogen and oxygen atoms in total. The summed E-state index contributed by atoms with van der Waals surface area (Å²) in [6.07, 6.45) is 0. The lowest BCUT2D eigenvalue weighted by Gasteiger charge is -2.16. The van der Waals surface area contributed by atoms with E-state index >= 15 is 0 Å². The van der Waals surface area contributed by atoms with Crippen LogP contribution in [0.25, 0.3) is 0 Å². The predicted octanol–water partition coefficient (Wildman–Crippen LogP) is 3.68. The zero-order valence-corrected chi connectivity index (χ0v) is 11.8. The molecule has 0 saturated carbocycles. The van der Waals surface area contributed by atoms with E-state index in [1.165, 1.54) is 10.5 Å². The molecule has 0 aromatic heterocycles. The number of carbonyl (C=O) groups excluding carboxylic acids is 1. The fraction of sp³-hybridized carbons (Fsp3) is 0.500. The number of thioether (sulfide) groups is 1. The molecule has 94 valence electrons. The first kappa shape index (κ1) is 14.1. The number of rotatable bonds is 4. The molecule has 0 heterocycles. The predicted molar refractivity (Wildman–Crippen MR) is 72.3 cm³/mol. The zero-order valence-electron chi connectivity index (χ0n) is 10.9. The molecule has 1 aromatic rings. The number of hydrogen-bond acceptors (Lipinski definition) is 3. The van der Waals surface area contributed by atoms with Gasteiger partial charge in [-0.3, -0.25) is 4.79 Å². The molecule has 0 aliphatic heterocycles. The summed E-state index contributed by atoms with van der Waals surface area (Å²) in [4.78, 5) is 12.7. The van der Waals surface area contributed by atoms with Crippen LogP contribution in [-0.2, 0) is 9.53 Å². The van der Waals surface area contributed by atoms with E-state index in [4.69, 9.17) is 4.74 Å². The average Bonchev–Trinajstić information content (AvgIpc) is 2.23. The molecule has 0 aliphatic carbocycles. The molecule has 0 fully saturated rings. The average molecular weight is 252 g/mol. The normalized spacial score (nSPS) is 11.3. The molecule has 0 saturated heterocycles. The first-order valence-electron chi connectivity index (χ1n) is 5.76. The molecule has 0 N–H and O–H groups in total. The quantitative estimate of drug-likeness (QED) is 0.464. The van der Waals surface area contributed by atoms with Crippen LogP contribution in [0.15, 0.2) is 29.2 Å². The minimum absolute atomic E-state index is 0.137. The number of ether oxygens (including phenoxy) is 1. The molecular formula is C14H20O2S. The Balaban J connectivity index is 2.28. The Morgan fingerprint density at radius 1 is 1.35 bits per heavy atom. The highest BCUT2D eigenvalue weighted by Crippen LogP contribution is 2.19. The molecule has 0 bridgehead atoms. The summed E-state index contributed by atoms with van der Waals surface area (Å²) in [6, 6.07) is 8.32. The molecular weight excluding hydrogens is 232 g/mol. The van der Waals surface area contributed by atoms with Gasteiger partial charge in [-0.1, -0.05) is 17.7 Å². The second-order valence-corrected chi connectivity index (χ2v) is 6.22. The topological polar surface area (TPSA) is 26.3 Å². The number of benzene rings is 1. The highest BCUT2D eigenvalue weighted by molar-refractivity contribution is 7.99. The van der Waals surface area contributed by atoms with E-state index in [2.05, 4.69) is 25.1 Å². The van der Waals surface area contributed by atoms with Gasteiger partial charge in [0.15, 0.2) is 0 Å². The second-order valence-electron chi connectivity index (χ2n) is 5.05. The van der Waals surface area contributed by atoms with Gasteiger partial charge in [-0.25, -0.2) is 0 Å². The Morgan fingerprint density at radius 2 is 2.06 bits per heavy atom. The van der Waals surface area contributed by atoms with Gasteiger partial charge in [-0.15, -0.1) is 11.8 Å². The number of carbonyl (C=O) groups is 1. The van der Waals surface area contributed by atoms with Gasteiger partial charge in [0.05, 0.1) is 5.41 Å². The fourth-order valence-electron chi connectivity index (χ4n) is 1.22. The molecule has 0 amide bonds. The van der Waals surface area contributed by atoms with E-state index in [-0.39, 0.29) is 5.97 Å². The van der Waals surface area contributed by atoms with Crippen molar-refractivity contribution in [1.29, 1.82) is 0 Å². The van der Waals surface area contributed by atoms with Gasteiger partial charge in [0.2, 0.25) is 0 Å². The van der Waals surface area contributed by atoms with Gasteiger partial charge >= 0.3 is 5.97 Å². The Kier molecular flexibility index (Phi) is 5.06. The third-order valence-electron chi connectivity index (χ3n) is 2.19. The van der Waals surface area contributed by atoms with Crippen LogP contribution in [0.3, 0.4) is 0 Å². The number of hydrogen-bond donors (Lipinski definition) is 0. The number of esters is 1. The van der Waals surface area contributed by atoms with E-state index in [0.717, 1.165) is 5.75 Å². The largest absolute Gasteiger partial charge is 0.464 e. The van der Waals surface area contributed by atoms with Gasteiger partial charge in [-0.2, -0.15) is 0 Å². The molecule has 0 atom stereocenters. The van der Waals surface area contributed by atoms with E-state index in [1.807, 2.05) is 26.8 Å². The summed E-state index contributed by atoms with van der Waals surface area (Å²) in [5.41, 5.74) is 0.843. The van der Waals surface area contributed by atoms with Crippen molar-refractivity contribution in [3.63, 3.8) is 0 Å². The zero-order chi connectivity index (χ0) is 12.9. The first-order valence-corrected chi connectivity index (χ1v) is 6.75. The van der Waals surface area contributed by atoms with Crippen LogP contribution >= 0.6 is 11.8 Å². The smallest absolute Gasteiger partial charge is 0.311 e. The molecule has 17 heavy (non-hydrogen) atoms. The lowest BCUT2D eigenvalue weighted by atomic mass is 9.97. The van der Waals surface area contributed by atoms with Gasteiger partial charge in [0.1, 0.15) is 6.61 Å². The maximum absolute atomic E-state index is 11.5. The van der Waals surface area contributed by atoms with E-state index < -0.39 is 5.41 Å². The van der Waals surface area contributed by atoms with Gasteiger partial charge in [0.25, 0.3) is 0 Å². The van der Waals surface area contributed by atoms with E-state index in [9.17, 15) is 4.79 Å². The third kappa shape index (κ3) is 5.26.